The van der Waals surface area contributed by atoms with Gasteiger partial charge in [-0.15, -0.1) is 0 Å². The van der Waals surface area contributed by atoms with Gasteiger partial charge in [-0.2, -0.15) is 0 Å². The number of benzene rings is 2. The second-order valence-electron chi connectivity index (χ2n) is 5.23. The minimum absolute atomic E-state index is 0.219. The van der Waals surface area contributed by atoms with Crippen LogP contribution in [0, 0.1) is 0 Å². The molecule has 1 N–H and O–H groups in total. The zero-order valence-corrected chi connectivity index (χ0v) is 13.2. The summed E-state index contributed by atoms with van der Waals surface area (Å²) in [7, 11) is 2.00. The van der Waals surface area contributed by atoms with E-state index in [-0.39, 0.29) is 6.04 Å². The number of aryl methyl sites for hydroxylation is 1. The van der Waals surface area contributed by atoms with Crippen LogP contribution in [0.5, 0.6) is 5.75 Å². The third-order valence-electron chi connectivity index (χ3n) is 3.70. The van der Waals surface area contributed by atoms with Crippen LogP contribution in [-0.2, 0) is 6.42 Å². The van der Waals surface area contributed by atoms with Gasteiger partial charge in [-0.3, -0.25) is 0 Å². The molecule has 0 aromatic heterocycles. The van der Waals surface area contributed by atoms with E-state index < -0.39 is 0 Å². The van der Waals surface area contributed by atoms with E-state index in [1.165, 1.54) is 16.7 Å². The van der Waals surface area contributed by atoms with Gasteiger partial charge < -0.3 is 10.1 Å². The zero-order chi connectivity index (χ0) is 15.1. The molecule has 0 heterocycles. The first-order chi connectivity index (χ1) is 10.3. The molecule has 0 spiro atoms. The lowest BCUT2D eigenvalue weighted by atomic mass is 9.97. The summed E-state index contributed by atoms with van der Waals surface area (Å²) in [6.45, 7) is 5.07. The highest BCUT2D eigenvalue weighted by Crippen LogP contribution is 2.24. The number of rotatable bonds is 7. The predicted molar refractivity (Wildman–Crippen MR) is 89.0 cm³/mol. The third-order valence-corrected chi connectivity index (χ3v) is 3.70. The summed E-state index contributed by atoms with van der Waals surface area (Å²) < 4.78 is 5.64. The van der Waals surface area contributed by atoms with Crippen molar-refractivity contribution in [1.82, 2.24) is 5.32 Å². The molecule has 21 heavy (non-hydrogen) atoms. The van der Waals surface area contributed by atoms with Crippen molar-refractivity contribution in [1.29, 1.82) is 0 Å². The quantitative estimate of drug-likeness (QED) is 0.816. The van der Waals surface area contributed by atoms with E-state index in [9.17, 15) is 0 Å². The maximum atomic E-state index is 5.64. The van der Waals surface area contributed by atoms with Gasteiger partial charge in [-0.05, 0) is 48.7 Å². The smallest absolute Gasteiger partial charge is 0.119 e. The average molecular weight is 283 g/mol. The molecule has 2 aromatic carbocycles. The molecule has 0 aliphatic rings. The molecule has 1 unspecified atom stereocenters. The molecule has 0 aliphatic carbocycles. The standard InChI is InChI=1S/C19H25NO/c1-4-14-21-18-12-10-17(11-13-18)19(20-3)16-8-6-15(5-2)7-9-16/h6-13,19-20H,4-5,14H2,1-3H3. The Morgan fingerprint density at radius 3 is 1.95 bits per heavy atom. The lowest BCUT2D eigenvalue weighted by Gasteiger charge is -2.18. The van der Waals surface area contributed by atoms with Crippen molar-refractivity contribution in [2.75, 3.05) is 13.7 Å². The van der Waals surface area contributed by atoms with Gasteiger partial charge >= 0.3 is 0 Å². The van der Waals surface area contributed by atoms with Crippen LogP contribution >= 0.6 is 0 Å². The molecule has 0 fully saturated rings. The summed E-state index contributed by atoms with van der Waals surface area (Å²) in [5, 5.41) is 3.39. The van der Waals surface area contributed by atoms with Gasteiger partial charge in [-0.1, -0.05) is 50.2 Å². The van der Waals surface area contributed by atoms with Crippen LogP contribution in [0.2, 0.25) is 0 Å². The Labute approximate surface area is 128 Å². The van der Waals surface area contributed by atoms with E-state index in [0.29, 0.717) is 0 Å². The lowest BCUT2D eigenvalue weighted by molar-refractivity contribution is 0.317. The van der Waals surface area contributed by atoms with Crippen LogP contribution in [0.3, 0.4) is 0 Å². The molecule has 2 rings (SSSR count). The van der Waals surface area contributed by atoms with Crippen molar-refractivity contribution < 1.29 is 4.74 Å². The topological polar surface area (TPSA) is 21.3 Å². The normalized spacial score (nSPS) is 12.1. The average Bonchev–Trinajstić information content (AvgIpc) is 2.55. The first kappa shape index (κ1) is 15.6. The summed E-state index contributed by atoms with van der Waals surface area (Å²) in [6.07, 6.45) is 2.11. The molecule has 0 aliphatic heterocycles. The molecule has 2 heteroatoms. The number of hydrogen-bond acceptors (Lipinski definition) is 2. The number of nitrogens with one attached hydrogen (secondary N) is 1. The van der Waals surface area contributed by atoms with Crippen molar-refractivity contribution in [2.45, 2.75) is 32.7 Å². The predicted octanol–water partition coefficient (Wildman–Crippen LogP) is 4.35. The fourth-order valence-corrected chi connectivity index (χ4v) is 2.45. The largest absolute Gasteiger partial charge is 0.494 e. The summed E-state index contributed by atoms with van der Waals surface area (Å²) in [6, 6.07) is 17.4. The summed E-state index contributed by atoms with van der Waals surface area (Å²) in [5.41, 5.74) is 3.92. The van der Waals surface area contributed by atoms with Gasteiger partial charge in [0.25, 0.3) is 0 Å². The summed E-state index contributed by atoms with van der Waals surface area (Å²) in [4.78, 5) is 0. The van der Waals surface area contributed by atoms with Crippen molar-refractivity contribution in [2.24, 2.45) is 0 Å². The van der Waals surface area contributed by atoms with Crippen LogP contribution in [0.15, 0.2) is 48.5 Å². The lowest BCUT2D eigenvalue weighted by Crippen LogP contribution is -2.17. The second kappa shape index (κ2) is 7.84. The van der Waals surface area contributed by atoms with E-state index in [4.69, 9.17) is 4.74 Å². The molecule has 0 amide bonds. The van der Waals surface area contributed by atoms with Crippen molar-refractivity contribution in [3.63, 3.8) is 0 Å². The van der Waals surface area contributed by atoms with E-state index in [2.05, 4.69) is 67.7 Å². The van der Waals surface area contributed by atoms with Crippen molar-refractivity contribution in [3.8, 4) is 5.75 Å². The Hall–Kier alpha value is -1.80. The Balaban J connectivity index is 2.15. The van der Waals surface area contributed by atoms with Crippen LogP contribution in [0.25, 0.3) is 0 Å². The first-order valence-corrected chi connectivity index (χ1v) is 7.77. The fraction of sp³-hybridized carbons (Fsp3) is 0.368. The number of hydrogen-bond donors (Lipinski definition) is 1. The van der Waals surface area contributed by atoms with E-state index in [0.717, 1.165) is 25.2 Å². The number of ether oxygens (including phenoxy) is 1. The van der Waals surface area contributed by atoms with Crippen LogP contribution in [-0.4, -0.2) is 13.7 Å². The second-order valence-corrected chi connectivity index (χ2v) is 5.23. The van der Waals surface area contributed by atoms with Crippen LogP contribution in [0.1, 0.15) is 43.0 Å². The van der Waals surface area contributed by atoms with Gasteiger partial charge in [0.15, 0.2) is 0 Å². The van der Waals surface area contributed by atoms with Gasteiger partial charge in [0, 0.05) is 0 Å². The maximum Gasteiger partial charge on any atom is 0.119 e. The fourth-order valence-electron chi connectivity index (χ4n) is 2.45. The van der Waals surface area contributed by atoms with Crippen molar-refractivity contribution >= 4 is 0 Å². The third kappa shape index (κ3) is 4.08. The molecule has 112 valence electrons. The summed E-state index contributed by atoms with van der Waals surface area (Å²) >= 11 is 0. The highest BCUT2D eigenvalue weighted by molar-refractivity contribution is 5.36. The SMILES string of the molecule is CCCOc1ccc(C(NC)c2ccc(CC)cc2)cc1. The van der Waals surface area contributed by atoms with E-state index in [1.807, 2.05) is 7.05 Å². The minimum atomic E-state index is 0.219. The van der Waals surface area contributed by atoms with Gasteiger partial charge in [-0.25, -0.2) is 0 Å². The first-order valence-electron chi connectivity index (χ1n) is 7.77. The summed E-state index contributed by atoms with van der Waals surface area (Å²) in [5.74, 6) is 0.941. The Kier molecular flexibility index (Phi) is 5.82. The van der Waals surface area contributed by atoms with Gasteiger partial charge in [0.1, 0.15) is 5.75 Å². The van der Waals surface area contributed by atoms with Crippen molar-refractivity contribution in [3.05, 3.63) is 65.2 Å². The minimum Gasteiger partial charge on any atom is -0.494 e. The highest BCUT2D eigenvalue weighted by atomic mass is 16.5. The highest BCUT2D eigenvalue weighted by Gasteiger charge is 2.11. The van der Waals surface area contributed by atoms with E-state index >= 15 is 0 Å². The van der Waals surface area contributed by atoms with E-state index in [1.54, 1.807) is 0 Å². The van der Waals surface area contributed by atoms with Gasteiger partial charge in [0.2, 0.25) is 0 Å². The van der Waals surface area contributed by atoms with Crippen LogP contribution in [0.4, 0.5) is 0 Å². The van der Waals surface area contributed by atoms with Gasteiger partial charge in [0.05, 0.1) is 12.6 Å². The molecule has 0 saturated carbocycles. The molecular formula is C19H25NO. The molecule has 0 saturated heterocycles. The monoisotopic (exact) mass is 283 g/mol. The molecule has 0 bridgehead atoms. The Morgan fingerprint density at radius 2 is 1.48 bits per heavy atom. The molecule has 1 atom stereocenters. The molecule has 2 nitrogen and oxygen atoms in total. The van der Waals surface area contributed by atoms with Crippen LogP contribution < -0.4 is 10.1 Å². The molecular weight excluding hydrogens is 258 g/mol. The molecule has 2 aromatic rings. The Bertz CT molecular complexity index is 530. The maximum absolute atomic E-state index is 5.64. The Morgan fingerprint density at radius 1 is 0.905 bits per heavy atom. The zero-order valence-electron chi connectivity index (χ0n) is 13.2. The molecule has 0 radical (unpaired) electrons.